The molecule has 1 aromatic rings. The molecule has 1 atom stereocenters. The molecule has 0 bridgehead atoms. The molecule has 132 valence electrons. The van der Waals surface area contributed by atoms with Gasteiger partial charge in [-0.1, -0.05) is 0 Å². The van der Waals surface area contributed by atoms with E-state index in [1.165, 1.54) is 0 Å². The minimum absolute atomic E-state index is 0. The zero-order valence-corrected chi connectivity index (χ0v) is 14.6. The van der Waals surface area contributed by atoms with Crippen LogP contribution in [0.4, 0.5) is 0 Å². The van der Waals surface area contributed by atoms with Gasteiger partial charge in [0.05, 0.1) is 0 Å². The lowest BCUT2D eigenvalue weighted by molar-refractivity contribution is -0.001000. The topological polar surface area (TPSA) is 54.4 Å². The fourth-order valence-electron chi connectivity index (χ4n) is 2.54. The summed E-state index contributed by atoms with van der Waals surface area (Å²) in [6.45, 7) is 5.29. The van der Waals surface area contributed by atoms with Gasteiger partial charge in [0.25, 0.3) is 0 Å². The van der Waals surface area contributed by atoms with E-state index in [9.17, 15) is 5.11 Å². The smallest absolute Gasteiger partial charge is 0.231 e. The second-order valence-corrected chi connectivity index (χ2v) is 5.58. The van der Waals surface area contributed by atoms with Crippen LogP contribution in [-0.2, 0) is 0 Å². The highest BCUT2D eigenvalue weighted by Gasteiger charge is 2.18. The second-order valence-electron chi connectivity index (χ2n) is 5.58. The van der Waals surface area contributed by atoms with Crippen LogP contribution in [0.3, 0.4) is 0 Å². The van der Waals surface area contributed by atoms with E-state index in [-0.39, 0.29) is 38.2 Å². The van der Waals surface area contributed by atoms with Gasteiger partial charge in [-0.05, 0) is 19.2 Å². The highest BCUT2D eigenvalue weighted by atomic mass is 35.5. The van der Waals surface area contributed by atoms with E-state index in [0.29, 0.717) is 18.0 Å². The van der Waals surface area contributed by atoms with Gasteiger partial charge in [-0.25, -0.2) is 0 Å². The molecule has 2 aliphatic heterocycles. The summed E-state index contributed by atoms with van der Waals surface area (Å²) in [5, 5.41) is 10.1. The van der Waals surface area contributed by atoms with Crippen LogP contribution in [0.2, 0.25) is 0 Å². The summed E-state index contributed by atoms with van der Waals surface area (Å²) in [4.78, 5) is 4.57. The number of rotatable bonds is 5. The second kappa shape index (κ2) is 9.39. The maximum atomic E-state index is 10.1. The standard InChI is InChI=1S/C15H22N2O4.2ClH/c1-16-4-6-17(7-5-16)9-12(18)10-19-13-2-3-14-15(8-13)21-11-20-14;;/h2-3,8,12,18H,4-7,9-11H2,1H3;2*1H/p-2. The Balaban J connectivity index is 0.00000132. The number of β-amino-alcohol motifs (C(OH)–C–C–N with tert-alkyl or cyclic N) is 1. The van der Waals surface area contributed by atoms with Crippen molar-refractivity contribution in [2.45, 2.75) is 6.10 Å². The summed E-state index contributed by atoms with van der Waals surface area (Å²) >= 11 is 0. The lowest BCUT2D eigenvalue weighted by Gasteiger charge is -2.33. The number of piperazine rings is 1. The number of benzene rings is 1. The van der Waals surface area contributed by atoms with Gasteiger partial charge in [-0.15, -0.1) is 0 Å². The van der Waals surface area contributed by atoms with E-state index in [2.05, 4.69) is 16.8 Å². The molecule has 1 aromatic carbocycles. The molecule has 2 aliphatic rings. The molecule has 1 unspecified atom stereocenters. The first-order valence-electron chi connectivity index (χ1n) is 7.32. The number of aliphatic hydroxyl groups is 1. The van der Waals surface area contributed by atoms with Crippen molar-refractivity contribution < 1.29 is 44.1 Å². The summed E-state index contributed by atoms with van der Waals surface area (Å²) in [6.07, 6.45) is -0.487. The van der Waals surface area contributed by atoms with E-state index in [1.54, 1.807) is 6.07 Å². The molecule has 8 heteroatoms. The van der Waals surface area contributed by atoms with Crippen molar-refractivity contribution in [1.29, 1.82) is 0 Å². The summed E-state index contributed by atoms with van der Waals surface area (Å²) in [6, 6.07) is 5.45. The molecule has 0 amide bonds. The Bertz CT molecular complexity index is 485. The fourth-order valence-corrected chi connectivity index (χ4v) is 2.54. The van der Waals surface area contributed by atoms with Crippen molar-refractivity contribution >= 4 is 0 Å². The van der Waals surface area contributed by atoms with Crippen molar-refractivity contribution in [3.05, 3.63) is 18.2 Å². The molecule has 23 heavy (non-hydrogen) atoms. The van der Waals surface area contributed by atoms with Gasteiger partial charge in [0.1, 0.15) is 18.5 Å². The highest BCUT2D eigenvalue weighted by molar-refractivity contribution is 5.46. The monoisotopic (exact) mass is 364 g/mol. The zero-order valence-electron chi connectivity index (χ0n) is 13.1. The molecular weight excluding hydrogens is 343 g/mol. The maximum absolute atomic E-state index is 10.1. The Morgan fingerprint density at radius 2 is 1.83 bits per heavy atom. The maximum Gasteiger partial charge on any atom is 0.231 e. The minimum atomic E-state index is -0.487. The predicted octanol–water partition coefficient (Wildman–Crippen LogP) is -5.59. The molecular formula is C15H22Cl2N2O4-2. The van der Waals surface area contributed by atoms with Crippen molar-refractivity contribution in [3.63, 3.8) is 0 Å². The number of aliphatic hydroxyl groups excluding tert-OH is 1. The lowest BCUT2D eigenvalue weighted by Crippen LogP contribution is -3.00. The Morgan fingerprint density at radius 3 is 2.57 bits per heavy atom. The van der Waals surface area contributed by atoms with E-state index < -0.39 is 6.10 Å². The molecule has 0 saturated carbocycles. The Hall–Kier alpha value is -0.920. The highest BCUT2D eigenvalue weighted by Crippen LogP contribution is 2.35. The van der Waals surface area contributed by atoms with E-state index >= 15 is 0 Å². The zero-order chi connectivity index (χ0) is 14.7. The van der Waals surface area contributed by atoms with Crippen molar-refractivity contribution in [2.24, 2.45) is 0 Å². The molecule has 0 radical (unpaired) electrons. The third-order valence-electron chi connectivity index (χ3n) is 3.85. The predicted molar refractivity (Wildman–Crippen MR) is 78.0 cm³/mol. The largest absolute Gasteiger partial charge is 1.00 e. The number of nitrogens with zero attached hydrogens (tertiary/aromatic N) is 2. The Labute approximate surface area is 149 Å². The summed E-state index contributed by atoms with van der Waals surface area (Å²) < 4.78 is 16.2. The summed E-state index contributed by atoms with van der Waals surface area (Å²) in [5.74, 6) is 2.12. The van der Waals surface area contributed by atoms with Crippen LogP contribution < -0.4 is 39.0 Å². The average molecular weight is 365 g/mol. The van der Waals surface area contributed by atoms with Crippen LogP contribution in [0.5, 0.6) is 17.2 Å². The van der Waals surface area contributed by atoms with Gasteiger partial charge >= 0.3 is 0 Å². The first kappa shape index (κ1) is 20.1. The number of hydrogen-bond acceptors (Lipinski definition) is 6. The van der Waals surface area contributed by atoms with Crippen molar-refractivity contribution in [1.82, 2.24) is 9.80 Å². The molecule has 1 saturated heterocycles. The number of fused-ring (bicyclic) bond motifs is 1. The third-order valence-corrected chi connectivity index (χ3v) is 3.85. The van der Waals surface area contributed by atoms with Gasteiger partial charge in [-0.3, -0.25) is 4.90 Å². The van der Waals surface area contributed by atoms with Crippen LogP contribution in [0.15, 0.2) is 18.2 Å². The van der Waals surface area contributed by atoms with Gasteiger partial charge in [-0.2, -0.15) is 0 Å². The van der Waals surface area contributed by atoms with E-state index in [0.717, 1.165) is 31.9 Å². The first-order chi connectivity index (χ1) is 10.2. The Morgan fingerprint density at radius 1 is 1.13 bits per heavy atom. The summed E-state index contributed by atoms with van der Waals surface area (Å²) in [7, 11) is 2.12. The number of halogens is 2. The normalized spacial score (nSPS) is 18.7. The van der Waals surface area contributed by atoms with Crippen molar-refractivity contribution in [3.8, 4) is 17.2 Å². The molecule has 2 heterocycles. The minimum Gasteiger partial charge on any atom is -1.00 e. The van der Waals surface area contributed by atoms with Crippen molar-refractivity contribution in [2.75, 3.05) is 53.2 Å². The molecule has 0 aromatic heterocycles. The van der Waals surface area contributed by atoms with E-state index in [1.807, 2.05) is 12.1 Å². The lowest BCUT2D eigenvalue weighted by atomic mass is 10.2. The number of likely N-dealkylation sites (N-methyl/N-ethyl adjacent to an activating group) is 1. The van der Waals surface area contributed by atoms with Gasteiger partial charge in [0.15, 0.2) is 11.5 Å². The molecule has 0 aliphatic carbocycles. The van der Waals surface area contributed by atoms with Gasteiger partial charge in [0.2, 0.25) is 6.79 Å². The van der Waals surface area contributed by atoms with E-state index in [4.69, 9.17) is 14.2 Å². The molecule has 0 spiro atoms. The quantitative estimate of drug-likeness (QED) is 0.562. The number of ether oxygens (including phenoxy) is 3. The molecule has 6 nitrogen and oxygen atoms in total. The molecule has 1 fully saturated rings. The SMILES string of the molecule is CN1CCN(CC(O)COc2ccc3c(c2)OCO3)CC1.[Cl-].[Cl-]. The van der Waals surface area contributed by atoms with Crippen LogP contribution in [0, 0.1) is 0 Å². The first-order valence-corrected chi connectivity index (χ1v) is 7.32. The fraction of sp³-hybridized carbons (Fsp3) is 0.600. The molecule has 1 N–H and O–H groups in total. The third kappa shape index (κ3) is 5.58. The molecule has 3 rings (SSSR count). The van der Waals surface area contributed by atoms with Crippen LogP contribution >= 0.6 is 0 Å². The Kier molecular flexibility index (Phi) is 8.22. The number of hydrogen-bond donors (Lipinski definition) is 1. The van der Waals surface area contributed by atoms with Gasteiger partial charge < -0.3 is 49.0 Å². The summed E-state index contributed by atoms with van der Waals surface area (Å²) in [5.41, 5.74) is 0. The average Bonchev–Trinajstić information content (AvgIpc) is 2.95. The van der Waals surface area contributed by atoms with Gasteiger partial charge in [0, 0.05) is 38.8 Å². The van der Waals surface area contributed by atoms with Crippen LogP contribution in [-0.4, -0.2) is 74.2 Å². The van der Waals surface area contributed by atoms with Crippen LogP contribution in [0.1, 0.15) is 0 Å². The van der Waals surface area contributed by atoms with Crippen LogP contribution in [0.25, 0.3) is 0 Å².